The van der Waals surface area contributed by atoms with E-state index in [4.69, 9.17) is 0 Å². The van der Waals surface area contributed by atoms with E-state index in [-0.39, 0.29) is 29.2 Å². The summed E-state index contributed by atoms with van der Waals surface area (Å²) in [5.74, 6) is -0.986. The van der Waals surface area contributed by atoms with Crippen molar-refractivity contribution in [2.24, 2.45) is 0 Å². The van der Waals surface area contributed by atoms with Crippen molar-refractivity contribution in [2.45, 2.75) is 13.1 Å². The van der Waals surface area contributed by atoms with Gasteiger partial charge >= 0.3 is 0 Å². The number of imide groups is 1. The molecule has 4 rings (SSSR count). The molecule has 0 spiro atoms. The van der Waals surface area contributed by atoms with Gasteiger partial charge in [-0.3, -0.25) is 24.6 Å². The van der Waals surface area contributed by atoms with Crippen LogP contribution >= 0.6 is 11.8 Å². The number of benzene rings is 2. The zero-order chi connectivity index (χ0) is 22.0. The van der Waals surface area contributed by atoms with Crippen molar-refractivity contribution < 1.29 is 18.9 Å². The van der Waals surface area contributed by atoms with Gasteiger partial charge in [0.15, 0.2) is 0 Å². The molecular weight excluding hydrogens is 421 g/mol. The molecule has 1 saturated heterocycles. The van der Waals surface area contributed by atoms with Gasteiger partial charge in [0.05, 0.1) is 22.9 Å². The van der Waals surface area contributed by atoms with E-state index in [1.807, 2.05) is 0 Å². The van der Waals surface area contributed by atoms with Gasteiger partial charge in [-0.25, -0.2) is 4.39 Å². The molecule has 0 aliphatic carbocycles. The van der Waals surface area contributed by atoms with Crippen LogP contribution in [0.3, 0.4) is 0 Å². The summed E-state index contributed by atoms with van der Waals surface area (Å²) in [6.45, 7) is 0.0842. The van der Waals surface area contributed by atoms with Gasteiger partial charge in [0, 0.05) is 29.1 Å². The molecular formula is C22H16FN3O4S. The standard InChI is InChI=1S/C22H16FN3O4S/c23-18-9-3-1-6-15(18)14-25-21(27)20(31-22(25)28)12-17-8-5-11-24(17)13-16-7-2-4-10-19(16)26(29)30/h1-12H,13-14H2/b20-12+. The molecule has 0 saturated carbocycles. The van der Waals surface area contributed by atoms with E-state index in [9.17, 15) is 24.1 Å². The van der Waals surface area contributed by atoms with Gasteiger partial charge in [0.25, 0.3) is 16.8 Å². The van der Waals surface area contributed by atoms with E-state index in [2.05, 4.69) is 0 Å². The van der Waals surface area contributed by atoms with Crippen molar-refractivity contribution in [2.75, 3.05) is 0 Å². The molecule has 2 aromatic carbocycles. The highest BCUT2D eigenvalue weighted by molar-refractivity contribution is 8.18. The summed E-state index contributed by atoms with van der Waals surface area (Å²) in [5, 5.41) is 10.8. The number of hydrogen-bond acceptors (Lipinski definition) is 5. The van der Waals surface area contributed by atoms with Gasteiger partial charge in [-0.15, -0.1) is 0 Å². The first-order valence-electron chi connectivity index (χ1n) is 9.30. The highest BCUT2D eigenvalue weighted by Gasteiger charge is 2.35. The highest BCUT2D eigenvalue weighted by atomic mass is 32.2. The average molecular weight is 437 g/mol. The maximum atomic E-state index is 13.9. The lowest BCUT2D eigenvalue weighted by Crippen LogP contribution is -2.27. The largest absolute Gasteiger partial charge is 0.343 e. The maximum Gasteiger partial charge on any atom is 0.293 e. The summed E-state index contributed by atoms with van der Waals surface area (Å²) < 4.78 is 15.7. The highest BCUT2D eigenvalue weighted by Crippen LogP contribution is 2.34. The topological polar surface area (TPSA) is 85.5 Å². The number of nitro benzene ring substituents is 1. The second-order valence-electron chi connectivity index (χ2n) is 6.81. The predicted octanol–water partition coefficient (Wildman–Crippen LogP) is 4.82. The van der Waals surface area contributed by atoms with Crippen LogP contribution in [0, 0.1) is 15.9 Å². The zero-order valence-electron chi connectivity index (χ0n) is 16.1. The number of hydrogen-bond donors (Lipinski definition) is 0. The Morgan fingerprint density at radius 1 is 0.968 bits per heavy atom. The first kappa shape index (κ1) is 20.5. The van der Waals surface area contributed by atoms with Crippen LogP contribution in [0.2, 0.25) is 0 Å². The quantitative estimate of drug-likeness (QED) is 0.314. The van der Waals surface area contributed by atoms with Crippen LogP contribution < -0.4 is 0 Å². The Morgan fingerprint density at radius 3 is 2.42 bits per heavy atom. The summed E-state index contributed by atoms with van der Waals surface area (Å²) >= 11 is 0.783. The molecule has 1 aromatic heterocycles. The molecule has 1 fully saturated rings. The van der Waals surface area contributed by atoms with E-state index in [0.717, 1.165) is 16.7 Å². The van der Waals surface area contributed by atoms with Crippen LogP contribution in [0.15, 0.2) is 71.8 Å². The van der Waals surface area contributed by atoms with Gasteiger partial charge in [0.2, 0.25) is 0 Å². The summed E-state index contributed by atoms with van der Waals surface area (Å²) in [7, 11) is 0. The zero-order valence-corrected chi connectivity index (χ0v) is 16.9. The summed E-state index contributed by atoms with van der Waals surface area (Å²) in [6, 6.07) is 15.9. The number of halogens is 1. The molecule has 2 amide bonds. The second-order valence-corrected chi connectivity index (χ2v) is 7.80. The number of aromatic nitrogens is 1. The molecule has 0 unspecified atom stereocenters. The first-order chi connectivity index (χ1) is 14.9. The molecule has 7 nitrogen and oxygen atoms in total. The fourth-order valence-corrected chi connectivity index (χ4v) is 4.10. The van der Waals surface area contributed by atoms with Gasteiger partial charge < -0.3 is 4.57 Å². The molecule has 2 heterocycles. The normalized spacial score (nSPS) is 15.1. The van der Waals surface area contributed by atoms with Crippen molar-refractivity contribution in [1.29, 1.82) is 0 Å². The van der Waals surface area contributed by atoms with Crippen LogP contribution in [0.5, 0.6) is 0 Å². The van der Waals surface area contributed by atoms with Crippen molar-refractivity contribution in [3.63, 3.8) is 0 Å². The van der Waals surface area contributed by atoms with Crippen molar-refractivity contribution in [3.05, 3.63) is 105 Å². The van der Waals surface area contributed by atoms with Gasteiger partial charge in [0.1, 0.15) is 5.82 Å². The molecule has 1 aliphatic rings. The number of nitro groups is 1. The van der Waals surface area contributed by atoms with Gasteiger partial charge in [-0.2, -0.15) is 0 Å². The average Bonchev–Trinajstić information content (AvgIpc) is 3.29. The maximum absolute atomic E-state index is 13.9. The lowest BCUT2D eigenvalue weighted by molar-refractivity contribution is -0.385. The molecule has 9 heteroatoms. The Balaban J connectivity index is 1.57. The summed E-state index contributed by atoms with van der Waals surface area (Å²) in [5.41, 5.74) is 1.40. The number of thioether (sulfide) groups is 1. The number of carbonyl (C=O) groups is 2. The Hall–Kier alpha value is -3.72. The van der Waals surface area contributed by atoms with Crippen LogP contribution in [-0.4, -0.2) is 25.5 Å². The Labute approximate surface area is 180 Å². The molecule has 156 valence electrons. The second kappa shape index (κ2) is 8.57. The third-order valence-electron chi connectivity index (χ3n) is 4.83. The molecule has 31 heavy (non-hydrogen) atoms. The Morgan fingerprint density at radius 2 is 1.68 bits per heavy atom. The van der Waals surface area contributed by atoms with Crippen LogP contribution in [0.4, 0.5) is 14.9 Å². The minimum absolute atomic E-state index is 0.00682. The molecule has 1 aliphatic heterocycles. The molecule has 0 atom stereocenters. The number of rotatable bonds is 6. The summed E-state index contributed by atoms with van der Waals surface area (Å²) in [6.07, 6.45) is 3.31. The molecule has 0 bridgehead atoms. The lowest BCUT2D eigenvalue weighted by Gasteiger charge is -2.13. The summed E-state index contributed by atoms with van der Waals surface area (Å²) in [4.78, 5) is 37.2. The number of carbonyl (C=O) groups excluding carboxylic acids is 2. The fourth-order valence-electron chi connectivity index (χ4n) is 3.28. The third kappa shape index (κ3) is 4.26. The van der Waals surface area contributed by atoms with Crippen molar-refractivity contribution in [1.82, 2.24) is 9.47 Å². The van der Waals surface area contributed by atoms with E-state index in [1.54, 1.807) is 53.2 Å². The van der Waals surface area contributed by atoms with Gasteiger partial charge in [-0.1, -0.05) is 36.4 Å². The van der Waals surface area contributed by atoms with Crippen molar-refractivity contribution >= 4 is 34.7 Å². The van der Waals surface area contributed by atoms with Crippen LogP contribution in [-0.2, 0) is 17.9 Å². The van der Waals surface area contributed by atoms with E-state index < -0.39 is 21.9 Å². The lowest BCUT2D eigenvalue weighted by atomic mass is 10.2. The van der Waals surface area contributed by atoms with Gasteiger partial charge in [-0.05, 0) is 36.0 Å². The van der Waals surface area contributed by atoms with E-state index in [0.29, 0.717) is 11.3 Å². The predicted molar refractivity (Wildman–Crippen MR) is 115 cm³/mol. The smallest absolute Gasteiger partial charge is 0.293 e. The number of nitrogens with zero attached hydrogens (tertiary/aromatic N) is 3. The number of amides is 2. The van der Waals surface area contributed by atoms with Crippen molar-refractivity contribution in [3.8, 4) is 0 Å². The molecule has 3 aromatic rings. The van der Waals surface area contributed by atoms with Crippen LogP contribution in [0.25, 0.3) is 6.08 Å². The first-order valence-corrected chi connectivity index (χ1v) is 10.1. The third-order valence-corrected chi connectivity index (χ3v) is 5.74. The Kier molecular flexibility index (Phi) is 5.68. The minimum atomic E-state index is -0.503. The van der Waals surface area contributed by atoms with E-state index in [1.165, 1.54) is 24.3 Å². The van der Waals surface area contributed by atoms with Crippen LogP contribution in [0.1, 0.15) is 16.8 Å². The van der Waals surface area contributed by atoms with E-state index >= 15 is 0 Å². The molecule has 0 radical (unpaired) electrons. The Bertz CT molecular complexity index is 1220. The minimum Gasteiger partial charge on any atom is -0.343 e. The number of para-hydroxylation sites is 1. The fraction of sp³-hybridized carbons (Fsp3) is 0.0909. The monoisotopic (exact) mass is 437 g/mol. The SMILES string of the molecule is O=C1S/C(=C/c2cccn2Cc2ccccc2[N+](=O)[O-])C(=O)N1Cc1ccccc1F. The molecule has 0 N–H and O–H groups in total.